The molecule has 0 spiro atoms. The minimum absolute atomic E-state index is 0.0150. The molecule has 1 amide bonds. The maximum absolute atomic E-state index is 11.1. The van der Waals surface area contributed by atoms with E-state index in [1.165, 1.54) is 18.2 Å². The molecule has 0 heterocycles. The van der Waals surface area contributed by atoms with Gasteiger partial charge in [-0.05, 0) is 48.9 Å². The normalized spacial score (nSPS) is 10.1. The van der Waals surface area contributed by atoms with E-state index in [9.17, 15) is 9.59 Å². The molecule has 2 aromatic carbocycles. The maximum Gasteiger partial charge on any atom is 0.337 e. The molecule has 0 bridgehead atoms. The molecule has 0 aliphatic carbocycles. The molecule has 6 heteroatoms. The molecule has 0 radical (unpaired) electrons. The van der Waals surface area contributed by atoms with Crippen molar-refractivity contribution in [2.75, 3.05) is 5.73 Å². The molecule has 6 nitrogen and oxygen atoms in total. The second-order valence-corrected chi connectivity index (χ2v) is 4.50. The van der Waals surface area contributed by atoms with Crippen molar-refractivity contribution < 1.29 is 19.4 Å². The summed E-state index contributed by atoms with van der Waals surface area (Å²) >= 11 is 0. The number of carboxylic acids is 1. The summed E-state index contributed by atoms with van der Waals surface area (Å²) in [6.45, 7) is 1.70. The van der Waals surface area contributed by atoms with E-state index in [1.54, 1.807) is 25.1 Å². The number of hydrogen-bond acceptors (Lipinski definition) is 4. The number of aryl methyl sites for hydroxylation is 1. The summed E-state index contributed by atoms with van der Waals surface area (Å²) in [5.74, 6) is -0.838. The first-order valence-corrected chi connectivity index (χ1v) is 6.09. The zero-order chi connectivity index (χ0) is 15.6. The molecule has 0 atom stereocenters. The number of carbonyl (C=O) groups excluding carboxylic acids is 1. The highest BCUT2D eigenvalue weighted by Crippen LogP contribution is 2.28. The van der Waals surface area contributed by atoms with Crippen molar-refractivity contribution in [3.8, 4) is 11.5 Å². The number of nitrogen functional groups attached to an aromatic ring is 1. The van der Waals surface area contributed by atoms with E-state index in [4.69, 9.17) is 21.3 Å². The lowest BCUT2D eigenvalue weighted by Crippen LogP contribution is -2.10. The summed E-state index contributed by atoms with van der Waals surface area (Å²) in [5.41, 5.74) is 12.0. The van der Waals surface area contributed by atoms with Gasteiger partial charge in [-0.1, -0.05) is 0 Å². The highest BCUT2D eigenvalue weighted by molar-refractivity contribution is 5.95. The summed E-state index contributed by atoms with van der Waals surface area (Å²) in [7, 11) is 0. The van der Waals surface area contributed by atoms with E-state index < -0.39 is 11.9 Å². The fourth-order valence-electron chi connectivity index (χ4n) is 1.82. The minimum Gasteiger partial charge on any atom is -0.478 e. The van der Waals surface area contributed by atoms with Crippen molar-refractivity contribution in [2.24, 2.45) is 5.73 Å². The molecule has 2 aromatic rings. The molecular formula is C15H14N2O4. The van der Waals surface area contributed by atoms with E-state index in [0.717, 1.165) is 0 Å². The quantitative estimate of drug-likeness (QED) is 0.745. The number of primary amides is 1. The largest absolute Gasteiger partial charge is 0.478 e. The van der Waals surface area contributed by atoms with Crippen molar-refractivity contribution in [3.05, 3.63) is 53.1 Å². The van der Waals surface area contributed by atoms with Crippen LogP contribution in [0.1, 0.15) is 26.3 Å². The lowest BCUT2D eigenvalue weighted by Gasteiger charge is -2.10. The van der Waals surface area contributed by atoms with Crippen LogP contribution in [0, 0.1) is 6.92 Å². The van der Waals surface area contributed by atoms with Gasteiger partial charge in [0.1, 0.15) is 11.5 Å². The van der Waals surface area contributed by atoms with Crippen molar-refractivity contribution in [2.45, 2.75) is 6.92 Å². The molecule has 108 valence electrons. The van der Waals surface area contributed by atoms with Gasteiger partial charge in [0.05, 0.1) is 5.56 Å². The van der Waals surface area contributed by atoms with Crippen LogP contribution in [0.2, 0.25) is 0 Å². The van der Waals surface area contributed by atoms with Crippen LogP contribution in [0.5, 0.6) is 11.5 Å². The minimum atomic E-state index is -1.12. The molecule has 0 saturated heterocycles. The SMILES string of the molecule is Cc1cc(Oc2ccc(C(N)=O)cc2)cc(C(=O)O)c1N. The van der Waals surface area contributed by atoms with Crippen LogP contribution in [-0.4, -0.2) is 17.0 Å². The Morgan fingerprint density at radius 3 is 2.24 bits per heavy atom. The van der Waals surface area contributed by atoms with Gasteiger partial charge in [-0.15, -0.1) is 0 Å². The molecule has 0 aliphatic heterocycles. The number of amides is 1. The number of ether oxygens (including phenoxy) is 1. The van der Waals surface area contributed by atoms with Crippen LogP contribution < -0.4 is 16.2 Å². The first-order valence-electron chi connectivity index (χ1n) is 6.09. The summed E-state index contributed by atoms with van der Waals surface area (Å²) in [5, 5.41) is 9.09. The van der Waals surface area contributed by atoms with E-state index >= 15 is 0 Å². The number of hydrogen-bond donors (Lipinski definition) is 3. The number of carbonyl (C=O) groups is 2. The van der Waals surface area contributed by atoms with Crippen LogP contribution in [0.3, 0.4) is 0 Å². The van der Waals surface area contributed by atoms with Crippen LogP contribution in [0.15, 0.2) is 36.4 Å². The molecule has 2 rings (SSSR count). The first-order chi connectivity index (χ1) is 9.88. The van der Waals surface area contributed by atoms with Gasteiger partial charge in [0.25, 0.3) is 0 Å². The third-order valence-corrected chi connectivity index (χ3v) is 2.97. The van der Waals surface area contributed by atoms with Gasteiger partial charge in [0.2, 0.25) is 5.91 Å². The number of benzene rings is 2. The molecule has 0 aliphatic rings. The maximum atomic E-state index is 11.1. The monoisotopic (exact) mass is 286 g/mol. The average Bonchev–Trinajstić information content (AvgIpc) is 2.43. The topological polar surface area (TPSA) is 116 Å². The fourth-order valence-corrected chi connectivity index (χ4v) is 1.82. The van der Waals surface area contributed by atoms with Gasteiger partial charge in [0.15, 0.2) is 0 Å². The van der Waals surface area contributed by atoms with E-state index in [1.807, 2.05) is 0 Å². The second kappa shape index (κ2) is 5.54. The number of carboxylic acid groups (broad SMARTS) is 1. The lowest BCUT2D eigenvalue weighted by molar-refractivity contribution is 0.0697. The third kappa shape index (κ3) is 3.11. The Balaban J connectivity index is 2.31. The third-order valence-electron chi connectivity index (χ3n) is 2.97. The average molecular weight is 286 g/mol. The van der Waals surface area contributed by atoms with E-state index in [-0.39, 0.29) is 11.3 Å². The molecule has 5 N–H and O–H groups in total. The summed E-state index contributed by atoms with van der Waals surface area (Å²) in [4.78, 5) is 22.1. The Morgan fingerprint density at radius 1 is 1.10 bits per heavy atom. The Kier molecular flexibility index (Phi) is 3.80. The van der Waals surface area contributed by atoms with E-state index in [2.05, 4.69) is 0 Å². The summed E-state index contributed by atoms with van der Waals surface area (Å²) in [6.07, 6.45) is 0. The smallest absolute Gasteiger partial charge is 0.337 e. The molecule has 0 fully saturated rings. The van der Waals surface area contributed by atoms with Crippen LogP contribution >= 0.6 is 0 Å². The van der Waals surface area contributed by atoms with Gasteiger partial charge in [-0.3, -0.25) is 4.79 Å². The van der Waals surface area contributed by atoms with Crippen LogP contribution in [0.4, 0.5) is 5.69 Å². The molecule has 21 heavy (non-hydrogen) atoms. The number of anilines is 1. The lowest BCUT2D eigenvalue weighted by atomic mass is 10.1. The van der Waals surface area contributed by atoms with Crippen molar-refractivity contribution in [1.82, 2.24) is 0 Å². The predicted molar refractivity (Wildman–Crippen MR) is 77.6 cm³/mol. The Bertz CT molecular complexity index is 708. The highest BCUT2D eigenvalue weighted by Gasteiger charge is 2.13. The van der Waals surface area contributed by atoms with Crippen molar-refractivity contribution >= 4 is 17.6 Å². The van der Waals surface area contributed by atoms with E-state index in [0.29, 0.717) is 22.6 Å². The van der Waals surface area contributed by atoms with Crippen molar-refractivity contribution in [1.29, 1.82) is 0 Å². The van der Waals surface area contributed by atoms with Gasteiger partial charge >= 0.3 is 5.97 Å². The highest BCUT2D eigenvalue weighted by atomic mass is 16.5. The predicted octanol–water partition coefficient (Wildman–Crippen LogP) is 2.17. The number of aromatic carboxylic acids is 1. The van der Waals surface area contributed by atoms with Gasteiger partial charge in [0, 0.05) is 11.3 Å². The van der Waals surface area contributed by atoms with Gasteiger partial charge < -0.3 is 21.3 Å². The molecule has 0 saturated carbocycles. The van der Waals surface area contributed by atoms with Gasteiger partial charge in [-0.25, -0.2) is 4.79 Å². The molecule has 0 unspecified atom stereocenters. The summed E-state index contributed by atoms with van der Waals surface area (Å²) < 4.78 is 5.57. The zero-order valence-electron chi connectivity index (χ0n) is 11.3. The first kappa shape index (κ1) is 14.4. The molecule has 0 aromatic heterocycles. The Morgan fingerprint density at radius 2 is 1.71 bits per heavy atom. The van der Waals surface area contributed by atoms with Crippen molar-refractivity contribution in [3.63, 3.8) is 0 Å². The standard InChI is InChI=1S/C15H14N2O4/c1-8-6-11(7-12(13(8)16)15(19)20)21-10-4-2-9(3-5-10)14(17)18/h2-7H,16H2,1H3,(H2,17,18)(H,19,20). The zero-order valence-corrected chi connectivity index (χ0v) is 11.3. The van der Waals surface area contributed by atoms with Gasteiger partial charge in [-0.2, -0.15) is 0 Å². The van der Waals surface area contributed by atoms with Crippen LogP contribution in [0.25, 0.3) is 0 Å². The fraction of sp³-hybridized carbons (Fsp3) is 0.0667. The second-order valence-electron chi connectivity index (χ2n) is 4.50. The Hall–Kier alpha value is -3.02. The van der Waals surface area contributed by atoms with Crippen LogP contribution in [-0.2, 0) is 0 Å². The molecular weight excluding hydrogens is 272 g/mol. The number of nitrogens with two attached hydrogens (primary N) is 2. The Labute approximate surface area is 120 Å². The number of rotatable bonds is 4. The summed E-state index contributed by atoms with van der Waals surface area (Å²) in [6, 6.07) is 9.20.